The Balaban J connectivity index is 2.11. The Morgan fingerprint density at radius 2 is 2.25 bits per heavy atom. The fourth-order valence-corrected chi connectivity index (χ4v) is 2.90. The Morgan fingerprint density at radius 1 is 1.38 bits per heavy atom. The molecule has 0 aromatic heterocycles. The van der Waals surface area contributed by atoms with Gasteiger partial charge < -0.3 is 10.6 Å². The summed E-state index contributed by atoms with van der Waals surface area (Å²) in [7, 11) is 0. The molecule has 3 rings (SSSR count). The largest absolute Gasteiger partial charge is 0.325 e. The highest BCUT2D eigenvalue weighted by Crippen LogP contribution is 2.42. The molecule has 1 atom stereocenters. The quantitative estimate of drug-likeness (QED) is 0.723. The molecule has 1 fully saturated rings. The van der Waals surface area contributed by atoms with Gasteiger partial charge in [-0.25, -0.2) is 0 Å². The fourth-order valence-electron chi connectivity index (χ4n) is 2.73. The summed E-state index contributed by atoms with van der Waals surface area (Å²) >= 11 is 5.93. The van der Waals surface area contributed by atoms with Crippen molar-refractivity contribution in [3.63, 3.8) is 0 Å². The molecule has 1 saturated heterocycles. The molecule has 84 valence electrons. The maximum absolute atomic E-state index is 12.1. The van der Waals surface area contributed by atoms with Crippen molar-refractivity contribution in [3.05, 3.63) is 28.8 Å². The van der Waals surface area contributed by atoms with Gasteiger partial charge in [-0.3, -0.25) is 4.79 Å². The number of benzene rings is 1. The minimum absolute atomic E-state index is 0.108. The van der Waals surface area contributed by atoms with Crippen LogP contribution in [0, 0.1) is 0 Å². The van der Waals surface area contributed by atoms with Crippen molar-refractivity contribution in [1.29, 1.82) is 0 Å². The number of rotatable bonds is 0. The van der Waals surface area contributed by atoms with Gasteiger partial charge in [0.05, 0.1) is 5.41 Å². The van der Waals surface area contributed by atoms with Crippen LogP contribution in [-0.4, -0.2) is 19.0 Å². The van der Waals surface area contributed by atoms with Crippen LogP contribution in [0.1, 0.15) is 18.4 Å². The number of anilines is 1. The Hall–Kier alpha value is -1.06. The highest BCUT2D eigenvalue weighted by Gasteiger charge is 2.47. The Kier molecular flexibility index (Phi) is 2.19. The van der Waals surface area contributed by atoms with Gasteiger partial charge in [0.2, 0.25) is 5.91 Å². The van der Waals surface area contributed by atoms with Gasteiger partial charge in [0, 0.05) is 17.3 Å². The van der Waals surface area contributed by atoms with E-state index in [0.29, 0.717) is 5.02 Å². The summed E-state index contributed by atoms with van der Waals surface area (Å²) in [4.78, 5) is 12.1. The second-order valence-corrected chi connectivity index (χ2v) is 4.94. The molecule has 16 heavy (non-hydrogen) atoms. The number of nitrogens with one attached hydrogen (secondary N) is 2. The number of carbonyl (C=O) groups is 1. The maximum atomic E-state index is 12.1. The van der Waals surface area contributed by atoms with E-state index in [2.05, 4.69) is 10.6 Å². The summed E-state index contributed by atoms with van der Waals surface area (Å²) in [5, 5.41) is 6.91. The normalized spacial score (nSPS) is 27.9. The number of fused-ring (bicyclic) bond motifs is 2. The molecule has 4 heteroatoms. The number of hydrogen-bond acceptors (Lipinski definition) is 2. The number of halogens is 1. The number of hydrogen-bond donors (Lipinski definition) is 2. The molecule has 3 nitrogen and oxygen atoms in total. The Bertz CT molecular complexity index is 452. The van der Waals surface area contributed by atoms with Crippen LogP contribution in [0.4, 0.5) is 5.69 Å². The van der Waals surface area contributed by atoms with E-state index in [9.17, 15) is 4.79 Å². The first kappa shape index (κ1) is 10.1. The second-order valence-electron chi connectivity index (χ2n) is 4.51. The lowest BCUT2D eigenvalue weighted by Crippen LogP contribution is -2.47. The topological polar surface area (TPSA) is 41.1 Å². The molecule has 1 spiro atoms. The van der Waals surface area contributed by atoms with E-state index in [1.165, 1.54) is 0 Å². The van der Waals surface area contributed by atoms with Crippen LogP contribution in [0.3, 0.4) is 0 Å². The zero-order valence-corrected chi connectivity index (χ0v) is 9.60. The first-order valence-corrected chi connectivity index (χ1v) is 5.92. The summed E-state index contributed by atoms with van der Waals surface area (Å²) in [5.74, 6) is 0.108. The van der Waals surface area contributed by atoms with Gasteiger partial charge in [0.1, 0.15) is 0 Å². The van der Waals surface area contributed by atoms with Crippen LogP contribution in [0.5, 0.6) is 0 Å². The van der Waals surface area contributed by atoms with Gasteiger partial charge in [-0.05, 0) is 37.1 Å². The molecule has 1 aromatic rings. The van der Waals surface area contributed by atoms with Crippen LogP contribution in [0.2, 0.25) is 5.02 Å². The molecule has 2 aliphatic heterocycles. The molecule has 1 unspecified atom stereocenters. The summed E-state index contributed by atoms with van der Waals surface area (Å²) in [6.45, 7) is 1.73. The van der Waals surface area contributed by atoms with E-state index in [-0.39, 0.29) is 11.3 Å². The van der Waals surface area contributed by atoms with Crippen molar-refractivity contribution in [2.24, 2.45) is 0 Å². The van der Waals surface area contributed by atoms with Crippen molar-refractivity contribution in [2.75, 3.05) is 18.4 Å². The molecule has 2 aliphatic rings. The van der Waals surface area contributed by atoms with Gasteiger partial charge >= 0.3 is 0 Å². The monoisotopic (exact) mass is 236 g/mol. The van der Waals surface area contributed by atoms with Gasteiger partial charge in [0.25, 0.3) is 0 Å². The van der Waals surface area contributed by atoms with E-state index >= 15 is 0 Å². The van der Waals surface area contributed by atoms with Crippen LogP contribution >= 0.6 is 11.6 Å². The molecular formula is C12H13ClN2O. The lowest BCUT2D eigenvalue weighted by molar-refractivity contribution is -0.121. The summed E-state index contributed by atoms with van der Waals surface area (Å²) in [5.41, 5.74) is 1.60. The fraction of sp³-hybridized carbons (Fsp3) is 0.417. The second kappa shape index (κ2) is 3.47. The van der Waals surface area contributed by atoms with Crippen molar-refractivity contribution in [2.45, 2.75) is 18.3 Å². The molecule has 2 N–H and O–H groups in total. The minimum Gasteiger partial charge on any atom is -0.325 e. The highest BCUT2D eigenvalue weighted by atomic mass is 35.5. The summed E-state index contributed by atoms with van der Waals surface area (Å²) in [6, 6.07) is 5.66. The van der Waals surface area contributed by atoms with Crippen molar-refractivity contribution in [3.8, 4) is 0 Å². The average molecular weight is 237 g/mol. The van der Waals surface area contributed by atoms with E-state index in [4.69, 9.17) is 11.6 Å². The highest BCUT2D eigenvalue weighted by molar-refractivity contribution is 6.31. The van der Waals surface area contributed by atoms with E-state index in [0.717, 1.165) is 37.2 Å². The van der Waals surface area contributed by atoms with Crippen LogP contribution < -0.4 is 10.6 Å². The Morgan fingerprint density at radius 3 is 3.00 bits per heavy atom. The standard InChI is InChI=1S/C12H13ClN2O/c13-8-2-3-9-10(6-8)15-11(16)12(9)4-1-5-14-7-12/h2-3,6,14H,1,4-5,7H2,(H,15,16). The molecule has 0 radical (unpaired) electrons. The number of carbonyl (C=O) groups excluding carboxylic acids is 1. The van der Waals surface area contributed by atoms with Crippen molar-refractivity contribution in [1.82, 2.24) is 5.32 Å². The van der Waals surface area contributed by atoms with E-state index in [1.807, 2.05) is 18.2 Å². The first-order chi connectivity index (χ1) is 7.72. The Labute approximate surface area is 99.2 Å². The number of amides is 1. The third-order valence-electron chi connectivity index (χ3n) is 3.56. The van der Waals surface area contributed by atoms with Gasteiger partial charge in [-0.2, -0.15) is 0 Å². The number of piperidine rings is 1. The van der Waals surface area contributed by atoms with Crippen molar-refractivity contribution >= 4 is 23.2 Å². The third-order valence-corrected chi connectivity index (χ3v) is 3.80. The average Bonchev–Trinajstić information content (AvgIpc) is 2.53. The van der Waals surface area contributed by atoms with Gasteiger partial charge in [-0.1, -0.05) is 17.7 Å². The zero-order valence-electron chi connectivity index (χ0n) is 8.85. The predicted molar refractivity (Wildman–Crippen MR) is 63.9 cm³/mol. The molecule has 2 heterocycles. The summed E-state index contributed by atoms with van der Waals surface area (Å²) < 4.78 is 0. The smallest absolute Gasteiger partial charge is 0.236 e. The SMILES string of the molecule is O=C1Nc2cc(Cl)ccc2C12CCCNC2. The molecule has 0 aliphatic carbocycles. The van der Waals surface area contributed by atoms with Gasteiger partial charge in [-0.15, -0.1) is 0 Å². The third kappa shape index (κ3) is 1.28. The summed E-state index contributed by atoms with van der Waals surface area (Å²) in [6.07, 6.45) is 1.95. The van der Waals surface area contributed by atoms with Gasteiger partial charge in [0.15, 0.2) is 0 Å². The molecule has 1 amide bonds. The predicted octanol–water partition coefficient (Wildman–Crippen LogP) is 1.91. The lowest BCUT2D eigenvalue weighted by Gasteiger charge is -2.32. The van der Waals surface area contributed by atoms with E-state index < -0.39 is 0 Å². The molecule has 1 aromatic carbocycles. The molecule has 0 bridgehead atoms. The molecular weight excluding hydrogens is 224 g/mol. The molecule has 0 saturated carbocycles. The first-order valence-electron chi connectivity index (χ1n) is 5.55. The zero-order chi connectivity index (χ0) is 11.2. The maximum Gasteiger partial charge on any atom is 0.236 e. The lowest BCUT2D eigenvalue weighted by atomic mass is 9.76. The van der Waals surface area contributed by atoms with Crippen molar-refractivity contribution < 1.29 is 4.79 Å². The van der Waals surface area contributed by atoms with Crippen LogP contribution in [0.25, 0.3) is 0 Å². The van der Waals surface area contributed by atoms with Crippen LogP contribution in [0.15, 0.2) is 18.2 Å². The van der Waals surface area contributed by atoms with Crippen LogP contribution in [-0.2, 0) is 10.2 Å². The minimum atomic E-state index is -0.363. The van der Waals surface area contributed by atoms with E-state index in [1.54, 1.807) is 0 Å².